The second kappa shape index (κ2) is 7.76. The van der Waals surface area contributed by atoms with Gasteiger partial charge in [0.2, 0.25) is 0 Å². The van der Waals surface area contributed by atoms with E-state index in [1.807, 2.05) is 6.07 Å². The highest BCUT2D eigenvalue weighted by atomic mass is 19.1. The highest BCUT2D eigenvalue weighted by Crippen LogP contribution is 2.31. The van der Waals surface area contributed by atoms with Gasteiger partial charge in [0.05, 0.1) is 11.8 Å². The Morgan fingerprint density at radius 1 is 1.48 bits per heavy atom. The van der Waals surface area contributed by atoms with E-state index >= 15 is 0 Å². The van der Waals surface area contributed by atoms with Gasteiger partial charge in [-0.2, -0.15) is 0 Å². The van der Waals surface area contributed by atoms with Crippen molar-refractivity contribution in [3.8, 4) is 0 Å². The van der Waals surface area contributed by atoms with Crippen LogP contribution in [0.4, 0.5) is 10.1 Å². The summed E-state index contributed by atoms with van der Waals surface area (Å²) >= 11 is 0. The van der Waals surface area contributed by atoms with E-state index in [-0.39, 0.29) is 18.0 Å². The zero-order chi connectivity index (χ0) is 15.2. The molecule has 1 aliphatic rings. The summed E-state index contributed by atoms with van der Waals surface area (Å²) in [5.41, 5.74) is 1.79. The van der Waals surface area contributed by atoms with Crippen molar-refractivity contribution in [3.05, 3.63) is 29.6 Å². The van der Waals surface area contributed by atoms with E-state index in [2.05, 4.69) is 24.1 Å². The third kappa shape index (κ3) is 3.95. The van der Waals surface area contributed by atoms with Crippen molar-refractivity contribution in [3.63, 3.8) is 0 Å². The van der Waals surface area contributed by atoms with Gasteiger partial charge in [0.15, 0.2) is 0 Å². The lowest BCUT2D eigenvalue weighted by Crippen LogP contribution is -2.40. The molecule has 0 saturated carbocycles. The van der Waals surface area contributed by atoms with E-state index in [4.69, 9.17) is 4.74 Å². The SMILES string of the molecule is CCCNC(C)c1cccc(F)c1N1CCCC(OC)C1. The van der Waals surface area contributed by atoms with Crippen molar-refractivity contribution in [2.45, 2.75) is 45.3 Å². The smallest absolute Gasteiger partial charge is 0.146 e. The first-order chi connectivity index (χ1) is 10.2. The Morgan fingerprint density at radius 3 is 3.00 bits per heavy atom. The molecule has 2 unspecified atom stereocenters. The molecule has 4 heteroatoms. The molecule has 3 nitrogen and oxygen atoms in total. The quantitative estimate of drug-likeness (QED) is 0.869. The molecule has 1 N–H and O–H groups in total. The van der Waals surface area contributed by atoms with Crippen molar-refractivity contribution in [1.82, 2.24) is 5.32 Å². The van der Waals surface area contributed by atoms with Crippen LogP contribution in [0.15, 0.2) is 18.2 Å². The number of halogens is 1. The van der Waals surface area contributed by atoms with Gasteiger partial charge in [-0.05, 0) is 44.4 Å². The second-order valence-electron chi connectivity index (χ2n) is 5.80. The third-order valence-corrected chi connectivity index (χ3v) is 4.21. The number of rotatable bonds is 6. The number of anilines is 1. The number of ether oxygens (including phenoxy) is 1. The van der Waals surface area contributed by atoms with E-state index in [1.165, 1.54) is 0 Å². The lowest BCUT2D eigenvalue weighted by Gasteiger charge is -2.36. The fourth-order valence-electron chi connectivity index (χ4n) is 3.02. The fourth-order valence-corrected chi connectivity index (χ4v) is 3.02. The molecule has 1 saturated heterocycles. The highest BCUT2D eigenvalue weighted by molar-refractivity contribution is 5.56. The van der Waals surface area contributed by atoms with Crippen LogP contribution in [0.1, 0.15) is 44.7 Å². The van der Waals surface area contributed by atoms with Crippen LogP contribution < -0.4 is 10.2 Å². The summed E-state index contributed by atoms with van der Waals surface area (Å²) in [7, 11) is 1.74. The van der Waals surface area contributed by atoms with Gasteiger partial charge in [-0.3, -0.25) is 0 Å². The summed E-state index contributed by atoms with van der Waals surface area (Å²) in [6.45, 7) is 6.85. The molecular formula is C17H27FN2O. The molecule has 0 aromatic heterocycles. The first-order valence-electron chi connectivity index (χ1n) is 7.96. The van der Waals surface area contributed by atoms with Crippen LogP contribution in [0.25, 0.3) is 0 Å². The van der Waals surface area contributed by atoms with E-state index in [0.717, 1.165) is 50.1 Å². The number of nitrogens with one attached hydrogen (secondary N) is 1. The highest BCUT2D eigenvalue weighted by Gasteiger charge is 2.25. The zero-order valence-electron chi connectivity index (χ0n) is 13.4. The van der Waals surface area contributed by atoms with Gasteiger partial charge in [-0.15, -0.1) is 0 Å². The number of piperidine rings is 1. The van der Waals surface area contributed by atoms with E-state index < -0.39 is 0 Å². The monoisotopic (exact) mass is 294 g/mol. The van der Waals surface area contributed by atoms with Crippen LogP contribution in [-0.4, -0.2) is 32.8 Å². The second-order valence-corrected chi connectivity index (χ2v) is 5.80. The maximum absolute atomic E-state index is 14.4. The summed E-state index contributed by atoms with van der Waals surface area (Å²) in [5, 5.41) is 3.46. The van der Waals surface area contributed by atoms with Gasteiger partial charge in [-0.25, -0.2) is 4.39 Å². The molecule has 1 aromatic carbocycles. The summed E-state index contributed by atoms with van der Waals surface area (Å²) < 4.78 is 19.9. The number of nitrogens with zero attached hydrogens (tertiary/aromatic N) is 1. The molecule has 1 fully saturated rings. The Hall–Kier alpha value is -1.13. The minimum absolute atomic E-state index is 0.130. The maximum atomic E-state index is 14.4. The molecule has 0 aliphatic carbocycles. The summed E-state index contributed by atoms with van der Waals surface area (Å²) in [4.78, 5) is 2.15. The van der Waals surface area contributed by atoms with E-state index in [9.17, 15) is 4.39 Å². The summed E-state index contributed by atoms with van der Waals surface area (Å²) in [5.74, 6) is -0.130. The molecule has 2 atom stereocenters. The Kier molecular flexibility index (Phi) is 6.00. The van der Waals surface area contributed by atoms with Gasteiger partial charge in [0, 0.05) is 26.2 Å². The fraction of sp³-hybridized carbons (Fsp3) is 0.647. The van der Waals surface area contributed by atoms with Gasteiger partial charge < -0.3 is 15.0 Å². The number of benzene rings is 1. The number of hydrogen-bond donors (Lipinski definition) is 1. The molecule has 1 aliphatic heterocycles. The first-order valence-corrected chi connectivity index (χ1v) is 7.96. The molecule has 0 amide bonds. The van der Waals surface area contributed by atoms with Crippen LogP contribution in [-0.2, 0) is 4.74 Å². The minimum atomic E-state index is -0.130. The largest absolute Gasteiger partial charge is 0.380 e. The molecule has 1 aromatic rings. The van der Waals surface area contributed by atoms with Crippen molar-refractivity contribution < 1.29 is 9.13 Å². The van der Waals surface area contributed by atoms with Crippen molar-refractivity contribution >= 4 is 5.69 Å². The molecule has 2 rings (SSSR count). The molecule has 21 heavy (non-hydrogen) atoms. The molecule has 0 spiro atoms. The van der Waals surface area contributed by atoms with Crippen LogP contribution in [0.2, 0.25) is 0 Å². The van der Waals surface area contributed by atoms with Crippen molar-refractivity contribution in [2.24, 2.45) is 0 Å². The summed E-state index contributed by atoms with van der Waals surface area (Å²) in [6.07, 6.45) is 3.37. The normalized spacial score (nSPS) is 20.6. The number of methoxy groups -OCH3 is 1. The van der Waals surface area contributed by atoms with E-state index in [1.54, 1.807) is 19.2 Å². The zero-order valence-corrected chi connectivity index (χ0v) is 13.4. The standard InChI is InChI=1S/C17H27FN2O/c1-4-10-19-13(2)15-8-5-9-16(18)17(15)20-11-6-7-14(12-20)21-3/h5,8-9,13-14,19H,4,6-7,10-12H2,1-3H3. The topological polar surface area (TPSA) is 24.5 Å². The lowest BCUT2D eigenvalue weighted by molar-refractivity contribution is 0.0891. The molecular weight excluding hydrogens is 267 g/mol. The number of para-hydroxylation sites is 1. The van der Waals surface area contributed by atoms with Crippen LogP contribution in [0.5, 0.6) is 0 Å². The minimum Gasteiger partial charge on any atom is -0.380 e. The first kappa shape index (κ1) is 16.2. The molecule has 118 valence electrons. The Labute approximate surface area is 127 Å². The lowest BCUT2D eigenvalue weighted by atomic mass is 10.0. The summed E-state index contributed by atoms with van der Waals surface area (Å²) in [6, 6.07) is 5.54. The van der Waals surface area contributed by atoms with Gasteiger partial charge >= 0.3 is 0 Å². The van der Waals surface area contributed by atoms with Crippen LogP contribution in [0.3, 0.4) is 0 Å². The Morgan fingerprint density at radius 2 is 2.29 bits per heavy atom. The number of hydrogen-bond acceptors (Lipinski definition) is 3. The maximum Gasteiger partial charge on any atom is 0.146 e. The molecule has 0 bridgehead atoms. The van der Waals surface area contributed by atoms with Crippen LogP contribution in [0, 0.1) is 5.82 Å². The third-order valence-electron chi connectivity index (χ3n) is 4.21. The van der Waals surface area contributed by atoms with Crippen molar-refractivity contribution in [2.75, 3.05) is 31.6 Å². The molecule has 1 heterocycles. The Balaban J connectivity index is 2.24. The van der Waals surface area contributed by atoms with Crippen molar-refractivity contribution in [1.29, 1.82) is 0 Å². The average Bonchev–Trinajstić information content (AvgIpc) is 2.52. The predicted octanol–water partition coefficient (Wildman–Crippen LogP) is 3.50. The predicted molar refractivity (Wildman–Crippen MR) is 85.4 cm³/mol. The van der Waals surface area contributed by atoms with Gasteiger partial charge in [-0.1, -0.05) is 19.1 Å². The Bertz CT molecular complexity index is 452. The molecule has 0 radical (unpaired) electrons. The average molecular weight is 294 g/mol. The van der Waals surface area contributed by atoms with Crippen LogP contribution >= 0.6 is 0 Å². The van der Waals surface area contributed by atoms with Gasteiger partial charge in [0.1, 0.15) is 5.82 Å². The van der Waals surface area contributed by atoms with Gasteiger partial charge in [0.25, 0.3) is 0 Å². The van der Waals surface area contributed by atoms with E-state index in [0.29, 0.717) is 0 Å².